The summed E-state index contributed by atoms with van der Waals surface area (Å²) in [6.45, 7) is 0.513. The van der Waals surface area contributed by atoms with E-state index < -0.39 is 0 Å². The van der Waals surface area contributed by atoms with Gasteiger partial charge in [-0.3, -0.25) is 0 Å². The molecule has 1 aromatic carbocycles. The van der Waals surface area contributed by atoms with E-state index in [2.05, 4.69) is 4.98 Å². The maximum Gasteiger partial charge on any atom is 0.197 e. The van der Waals surface area contributed by atoms with Gasteiger partial charge in [-0.15, -0.1) is 0 Å². The van der Waals surface area contributed by atoms with Gasteiger partial charge in [0.25, 0.3) is 0 Å². The zero-order valence-corrected chi connectivity index (χ0v) is 8.64. The first-order chi connectivity index (χ1) is 7.29. The molecule has 2 N–H and O–H groups in total. The molecule has 15 heavy (non-hydrogen) atoms. The molecule has 4 nitrogen and oxygen atoms in total. The van der Waals surface area contributed by atoms with Gasteiger partial charge in [-0.1, -0.05) is 12.1 Å². The van der Waals surface area contributed by atoms with E-state index in [0.717, 1.165) is 11.1 Å². The minimum absolute atomic E-state index is 0.0666. The molecule has 0 bridgehead atoms. The fourth-order valence-electron chi connectivity index (χ4n) is 1.50. The number of nitrogens with zero attached hydrogens (tertiary/aromatic N) is 1. The molecule has 0 saturated heterocycles. The standard InChI is InChI=1S/C11H14N2O2/c1-14-7-8(12)6-11-13-9-4-2-3-5-10(9)15-11/h2-5,8H,6-7,12H2,1H3/t8-/m0/s1. The van der Waals surface area contributed by atoms with Crippen molar-refractivity contribution >= 4 is 11.1 Å². The molecule has 0 amide bonds. The van der Waals surface area contributed by atoms with Crippen LogP contribution in [0.2, 0.25) is 0 Å². The Morgan fingerprint density at radius 1 is 1.47 bits per heavy atom. The van der Waals surface area contributed by atoms with E-state index in [9.17, 15) is 0 Å². The lowest BCUT2D eigenvalue weighted by Crippen LogP contribution is -2.28. The number of rotatable bonds is 4. The Bertz CT molecular complexity index is 406. The van der Waals surface area contributed by atoms with Crippen molar-refractivity contribution in [1.29, 1.82) is 0 Å². The van der Waals surface area contributed by atoms with Crippen molar-refractivity contribution in [2.75, 3.05) is 13.7 Å². The number of oxazole rings is 1. The molecule has 4 heteroatoms. The van der Waals surface area contributed by atoms with E-state index >= 15 is 0 Å². The number of nitrogens with two attached hydrogens (primary N) is 1. The largest absolute Gasteiger partial charge is 0.441 e. The maximum absolute atomic E-state index is 5.81. The molecular weight excluding hydrogens is 192 g/mol. The van der Waals surface area contributed by atoms with Gasteiger partial charge in [0, 0.05) is 19.6 Å². The van der Waals surface area contributed by atoms with Crippen molar-refractivity contribution in [1.82, 2.24) is 4.98 Å². The number of benzene rings is 1. The van der Waals surface area contributed by atoms with E-state index in [-0.39, 0.29) is 6.04 Å². The summed E-state index contributed by atoms with van der Waals surface area (Å²) in [6.07, 6.45) is 0.600. The first kappa shape index (κ1) is 10.1. The SMILES string of the molecule is COC[C@@H](N)Cc1nc2ccccc2o1. The molecule has 0 fully saturated rings. The van der Waals surface area contributed by atoms with Gasteiger partial charge >= 0.3 is 0 Å². The zero-order chi connectivity index (χ0) is 10.7. The molecular formula is C11H14N2O2. The predicted octanol–water partition coefficient (Wildman–Crippen LogP) is 1.34. The second-order valence-corrected chi connectivity index (χ2v) is 3.49. The summed E-state index contributed by atoms with van der Waals surface area (Å²) in [5.74, 6) is 0.667. The molecule has 1 aromatic heterocycles. The van der Waals surface area contributed by atoms with Crippen molar-refractivity contribution in [3.8, 4) is 0 Å². The average molecular weight is 206 g/mol. The van der Waals surface area contributed by atoms with Crippen LogP contribution in [-0.2, 0) is 11.2 Å². The quantitative estimate of drug-likeness (QED) is 0.820. The highest BCUT2D eigenvalue weighted by Gasteiger charge is 2.09. The van der Waals surface area contributed by atoms with Gasteiger partial charge < -0.3 is 14.9 Å². The Balaban J connectivity index is 2.15. The van der Waals surface area contributed by atoms with Crippen LogP contribution in [0.4, 0.5) is 0 Å². The van der Waals surface area contributed by atoms with Crippen molar-refractivity contribution in [3.63, 3.8) is 0 Å². The fraction of sp³-hybridized carbons (Fsp3) is 0.364. The number of ether oxygens (including phenoxy) is 1. The molecule has 0 unspecified atom stereocenters. The molecule has 2 rings (SSSR count). The Morgan fingerprint density at radius 2 is 2.27 bits per heavy atom. The van der Waals surface area contributed by atoms with Crippen molar-refractivity contribution in [2.45, 2.75) is 12.5 Å². The van der Waals surface area contributed by atoms with Crippen LogP contribution in [0, 0.1) is 0 Å². The van der Waals surface area contributed by atoms with Crippen LogP contribution in [0.1, 0.15) is 5.89 Å². The molecule has 0 aliphatic heterocycles. The molecule has 1 atom stereocenters. The summed E-state index contributed by atoms with van der Waals surface area (Å²) in [6, 6.07) is 7.61. The Hall–Kier alpha value is -1.39. The van der Waals surface area contributed by atoms with Crippen LogP contribution in [0.25, 0.3) is 11.1 Å². The van der Waals surface area contributed by atoms with Crippen LogP contribution in [-0.4, -0.2) is 24.7 Å². The fourth-order valence-corrected chi connectivity index (χ4v) is 1.50. The lowest BCUT2D eigenvalue weighted by Gasteiger charge is -2.06. The molecule has 0 saturated carbocycles. The molecule has 0 spiro atoms. The monoisotopic (exact) mass is 206 g/mol. The number of fused-ring (bicyclic) bond motifs is 1. The van der Waals surface area contributed by atoms with Gasteiger partial charge in [0.15, 0.2) is 11.5 Å². The zero-order valence-electron chi connectivity index (χ0n) is 8.64. The Morgan fingerprint density at radius 3 is 3.00 bits per heavy atom. The smallest absolute Gasteiger partial charge is 0.197 e. The van der Waals surface area contributed by atoms with Crippen LogP contribution in [0.5, 0.6) is 0 Å². The third kappa shape index (κ3) is 2.34. The van der Waals surface area contributed by atoms with Gasteiger partial charge in [-0.05, 0) is 12.1 Å². The highest BCUT2D eigenvalue weighted by Crippen LogP contribution is 2.15. The highest BCUT2D eigenvalue weighted by molar-refractivity contribution is 5.72. The third-order valence-electron chi connectivity index (χ3n) is 2.16. The van der Waals surface area contributed by atoms with Crippen molar-refractivity contribution < 1.29 is 9.15 Å². The summed E-state index contributed by atoms with van der Waals surface area (Å²) >= 11 is 0. The molecule has 0 radical (unpaired) electrons. The average Bonchev–Trinajstić information content (AvgIpc) is 2.59. The van der Waals surface area contributed by atoms with E-state index in [1.807, 2.05) is 24.3 Å². The second kappa shape index (κ2) is 4.42. The summed E-state index contributed by atoms with van der Waals surface area (Å²) in [7, 11) is 1.63. The first-order valence-electron chi connectivity index (χ1n) is 4.88. The van der Waals surface area contributed by atoms with E-state index in [0.29, 0.717) is 18.9 Å². The second-order valence-electron chi connectivity index (χ2n) is 3.49. The van der Waals surface area contributed by atoms with Gasteiger partial charge in [0.05, 0.1) is 6.61 Å². The highest BCUT2D eigenvalue weighted by atomic mass is 16.5. The minimum Gasteiger partial charge on any atom is -0.441 e. The van der Waals surface area contributed by atoms with Gasteiger partial charge in [-0.2, -0.15) is 0 Å². The lowest BCUT2D eigenvalue weighted by molar-refractivity contribution is 0.177. The number of methoxy groups -OCH3 is 1. The van der Waals surface area contributed by atoms with E-state index in [1.165, 1.54) is 0 Å². The molecule has 2 aromatic rings. The topological polar surface area (TPSA) is 61.3 Å². The number of hydrogen-bond donors (Lipinski definition) is 1. The first-order valence-corrected chi connectivity index (χ1v) is 4.88. The van der Waals surface area contributed by atoms with Crippen LogP contribution in [0.3, 0.4) is 0 Å². The number of hydrogen-bond acceptors (Lipinski definition) is 4. The summed E-state index contributed by atoms with van der Waals surface area (Å²) < 4.78 is 10.5. The van der Waals surface area contributed by atoms with Gasteiger partial charge in [0.1, 0.15) is 5.52 Å². The van der Waals surface area contributed by atoms with Crippen molar-refractivity contribution in [3.05, 3.63) is 30.2 Å². The molecule has 0 aliphatic carbocycles. The predicted molar refractivity (Wildman–Crippen MR) is 57.6 cm³/mol. The maximum atomic E-state index is 5.81. The normalized spacial score (nSPS) is 13.2. The van der Waals surface area contributed by atoms with Gasteiger partial charge in [0.2, 0.25) is 0 Å². The van der Waals surface area contributed by atoms with Crippen LogP contribution in [0.15, 0.2) is 28.7 Å². The molecule has 1 heterocycles. The molecule has 80 valence electrons. The number of aromatic nitrogens is 1. The van der Waals surface area contributed by atoms with Crippen LogP contribution < -0.4 is 5.73 Å². The molecule has 0 aliphatic rings. The third-order valence-corrected chi connectivity index (χ3v) is 2.16. The van der Waals surface area contributed by atoms with E-state index in [1.54, 1.807) is 7.11 Å². The Labute approximate surface area is 88.0 Å². The van der Waals surface area contributed by atoms with E-state index in [4.69, 9.17) is 14.9 Å². The summed E-state index contributed by atoms with van der Waals surface area (Å²) in [5.41, 5.74) is 7.49. The van der Waals surface area contributed by atoms with Crippen LogP contribution >= 0.6 is 0 Å². The Kier molecular flexibility index (Phi) is 2.99. The van der Waals surface area contributed by atoms with Crippen molar-refractivity contribution in [2.24, 2.45) is 5.73 Å². The summed E-state index contributed by atoms with van der Waals surface area (Å²) in [4.78, 5) is 4.33. The summed E-state index contributed by atoms with van der Waals surface area (Å²) in [5, 5.41) is 0. The lowest BCUT2D eigenvalue weighted by atomic mass is 10.2. The van der Waals surface area contributed by atoms with Gasteiger partial charge in [-0.25, -0.2) is 4.98 Å². The minimum atomic E-state index is -0.0666. The number of para-hydroxylation sites is 2.